The molecule has 144 valence electrons. The number of carboxylic acid groups (broad SMARTS) is 1. The molecule has 0 bridgehead atoms. The van der Waals surface area contributed by atoms with Crippen LogP contribution in [0.4, 0.5) is 13.2 Å². The number of rotatable bonds is 8. The lowest BCUT2D eigenvalue weighted by Crippen LogP contribution is -2.30. The molecule has 0 aliphatic carbocycles. The van der Waals surface area contributed by atoms with Gasteiger partial charge in [-0.15, -0.1) is 0 Å². The highest BCUT2D eigenvalue weighted by Gasteiger charge is 2.30. The number of thioether (sulfide) groups is 1. The number of benzene rings is 1. The van der Waals surface area contributed by atoms with Gasteiger partial charge in [0.25, 0.3) is 0 Å². The third-order valence-electron chi connectivity index (χ3n) is 3.60. The van der Waals surface area contributed by atoms with Gasteiger partial charge in [0.05, 0.1) is 22.4 Å². The Hall–Kier alpha value is -2.55. The van der Waals surface area contributed by atoms with E-state index in [9.17, 15) is 22.8 Å². The lowest BCUT2D eigenvalue weighted by molar-refractivity contribution is -0.138. The minimum absolute atomic E-state index is 0.0469. The van der Waals surface area contributed by atoms with Crippen molar-refractivity contribution in [2.75, 3.05) is 5.75 Å². The Morgan fingerprint density at radius 3 is 2.41 bits per heavy atom. The van der Waals surface area contributed by atoms with Gasteiger partial charge >= 0.3 is 12.1 Å². The van der Waals surface area contributed by atoms with Gasteiger partial charge in [-0.2, -0.15) is 13.2 Å². The van der Waals surface area contributed by atoms with Gasteiger partial charge in [-0.05, 0) is 24.1 Å². The molecule has 0 radical (unpaired) electrons. The molecular weight excluding hydrogens is 381 g/mol. The van der Waals surface area contributed by atoms with Crippen LogP contribution in [0.5, 0.6) is 0 Å². The highest BCUT2D eigenvalue weighted by atomic mass is 32.2. The number of hydrogen-bond donors (Lipinski definition) is 2. The summed E-state index contributed by atoms with van der Waals surface area (Å²) in [4.78, 5) is 26.7. The van der Waals surface area contributed by atoms with Crippen LogP contribution in [0.25, 0.3) is 0 Å². The number of carbonyl (C=O) groups excluding carboxylic acids is 1. The first-order valence-electron chi connectivity index (χ1n) is 7.98. The quantitative estimate of drug-likeness (QED) is 0.659. The highest BCUT2D eigenvalue weighted by molar-refractivity contribution is 7.99. The van der Waals surface area contributed by atoms with E-state index in [-0.39, 0.29) is 24.5 Å². The number of pyridine rings is 1. The van der Waals surface area contributed by atoms with Crippen molar-refractivity contribution in [2.24, 2.45) is 0 Å². The molecule has 1 atom stereocenters. The third kappa shape index (κ3) is 6.93. The van der Waals surface area contributed by atoms with Crippen LogP contribution < -0.4 is 5.32 Å². The molecule has 9 heteroatoms. The molecule has 1 aromatic heterocycles. The number of halogens is 3. The predicted octanol–water partition coefficient (Wildman–Crippen LogP) is 3.91. The second-order valence-electron chi connectivity index (χ2n) is 5.63. The van der Waals surface area contributed by atoms with Crippen molar-refractivity contribution in [1.82, 2.24) is 10.3 Å². The van der Waals surface area contributed by atoms with Crippen LogP contribution in [0.3, 0.4) is 0 Å². The van der Waals surface area contributed by atoms with E-state index in [1.807, 2.05) is 6.07 Å². The van der Waals surface area contributed by atoms with Gasteiger partial charge < -0.3 is 10.4 Å². The van der Waals surface area contributed by atoms with Crippen molar-refractivity contribution in [3.05, 3.63) is 59.8 Å². The fourth-order valence-electron chi connectivity index (χ4n) is 2.28. The SMILES string of the molecule is O=C(O)CCC(NC(=O)CSc1ccc(C(F)(F)F)cn1)c1ccccc1. The van der Waals surface area contributed by atoms with Crippen molar-refractivity contribution in [1.29, 1.82) is 0 Å². The highest BCUT2D eigenvalue weighted by Crippen LogP contribution is 2.29. The van der Waals surface area contributed by atoms with Crippen LogP contribution >= 0.6 is 11.8 Å². The Morgan fingerprint density at radius 2 is 1.85 bits per heavy atom. The zero-order valence-corrected chi connectivity index (χ0v) is 14.9. The van der Waals surface area contributed by atoms with E-state index in [2.05, 4.69) is 10.3 Å². The summed E-state index contributed by atoms with van der Waals surface area (Å²) in [5.74, 6) is -1.37. The molecule has 5 nitrogen and oxygen atoms in total. The number of amides is 1. The van der Waals surface area contributed by atoms with E-state index in [0.29, 0.717) is 5.03 Å². The van der Waals surface area contributed by atoms with Crippen LogP contribution in [0.2, 0.25) is 0 Å². The van der Waals surface area contributed by atoms with Gasteiger partial charge in [-0.1, -0.05) is 42.1 Å². The van der Waals surface area contributed by atoms with Crippen LogP contribution in [-0.4, -0.2) is 27.7 Å². The van der Waals surface area contributed by atoms with Crippen molar-refractivity contribution < 1.29 is 27.9 Å². The molecule has 0 saturated heterocycles. The Morgan fingerprint density at radius 1 is 1.15 bits per heavy atom. The van der Waals surface area contributed by atoms with E-state index in [1.54, 1.807) is 24.3 Å². The summed E-state index contributed by atoms with van der Waals surface area (Å²) in [6, 6.07) is 10.6. The number of carbonyl (C=O) groups is 2. The summed E-state index contributed by atoms with van der Waals surface area (Å²) in [6.07, 6.45) is -3.61. The Labute approximate surface area is 158 Å². The molecule has 2 N–H and O–H groups in total. The van der Waals surface area contributed by atoms with E-state index in [0.717, 1.165) is 29.6 Å². The first kappa shape index (κ1) is 20.8. The smallest absolute Gasteiger partial charge is 0.417 e. The van der Waals surface area contributed by atoms with Gasteiger partial charge in [-0.3, -0.25) is 9.59 Å². The first-order chi connectivity index (χ1) is 12.8. The monoisotopic (exact) mass is 398 g/mol. The summed E-state index contributed by atoms with van der Waals surface area (Å²) in [5.41, 5.74) is -0.0705. The first-order valence-corrected chi connectivity index (χ1v) is 8.96. The summed E-state index contributed by atoms with van der Waals surface area (Å²) in [7, 11) is 0. The molecule has 1 amide bonds. The van der Waals surface area contributed by atoms with Crippen LogP contribution in [0, 0.1) is 0 Å². The number of alkyl halides is 3. The van der Waals surface area contributed by atoms with E-state index >= 15 is 0 Å². The number of hydrogen-bond acceptors (Lipinski definition) is 4. The number of aliphatic carboxylic acids is 1. The minimum atomic E-state index is -4.46. The van der Waals surface area contributed by atoms with E-state index in [4.69, 9.17) is 5.11 Å². The zero-order chi connectivity index (χ0) is 19.9. The maximum absolute atomic E-state index is 12.5. The molecule has 0 saturated carbocycles. The van der Waals surface area contributed by atoms with E-state index in [1.165, 1.54) is 6.07 Å². The fraction of sp³-hybridized carbons (Fsp3) is 0.278. The van der Waals surface area contributed by atoms with Crippen LogP contribution in [-0.2, 0) is 15.8 Å². The molecule has 0 aliphatic rings. The molecule has 1 aromatic carbocycles. The number of nitrogens with one attached hydrogen (secondary N) is 1. The van der Waals surface area contributed by atoms with Crippen molar-refractivity contribution in [3.63, 3.8) is 0 Å². The van der Waals surface area contributed by atoms with Gasteiger partial charge in [-0.25, -0.2) is 4.98 Å². The molecule has 0 fully saturated rings. The second kappa shape index (κ2) is 9.40. The fourth-order valence-corrected chi connectivity index (χ4v) is 2.94. The zero-order valence-electron chi connectivity index (χ0n) is 14.1. The topological polar surface area (TPSA) is 79.3 Å². The predicted molar refractivity (Wildman–Crippen MR) is 94.2 cm³/mol. The van der Waals surface area contributed by atoms with Crippen molar-refractivity contribution in [2.45, 2.75) is 30.1 Å². The minimum Gasteiger partial charge on any atom is -0.481 e. The maximum Gasteiger partial charge on any atom is 0.417 e. The lowest BCUT2D eigenvalue weighted by atomic mass is 10.0. The molecule has 2 aromatic rings. The van der Waals surface area contributed by atoms with Crippen molar-refractivity contribution in [3.8, 4) is 0 Å². The lowest BCUT2D eigenvalue weighted by Gasteiger charge is -2.18. The summed E-state index contributed by atoms with van der Waals surface area (Å²) < 4.78 is 37.5. The van der Waals surface area contributed by atoms with Crippen LogP contribution in [0.15, 0.2) is 53.7 Å². The number of carboxylic acids is 1. The number of aromatic nitrogens is 1. The summed E-state index contributed by atoms with van der Waals surface area (Å²) in [5, 5.41) is 11.9. The molecule has 2 rings (SSSR count). The van der Waals surface area contributed by atoms with Gasteiger partial charge in [0.15, 0.2) is 0 Å². The molecule has 27 heavy (non-hydrogen) atoms. The Bertz CT molecular complexity index is 768. The van der Waals surface area contributed by atoms with Gasteiger partial charge in [0.1, 0.15) is 0 Å². The average molecular weight is 398 g/mol. The average Bonchev–Trinajstić information content (AvgIpc) is 2.63. The summed E-state index contributed by atoms with van der Waals surface area (Å²) >= 11 is 1.00. The third-order valence-corrected chi connectivity index (χ3v) is 4.54. The van der Waals surface area contributed by atoms with Gasteiger partial charge in [0, 0.05) is 12.6 Å². The standard InChI is InChI=1S/C18H17F3N2O3S/c19-18(20,21)13-6-8-16(22-10-13)27-11-15(24)23-14(7-9-17(25)26)12-4-2-1-3-5-12/h1-6,8,10,14H,7,9,11H2,(H,23,24)(H,25,26). The summed E-state index contributed by atoms with van der Waals surface area (Å²) in [6.45, 7) is 0. The maximum atomic E-state index is 12.5. The van der Waals surface area contributed by atoms with Crippen LogP contribution in [0.1, 0.15) is 30.0 Å². The second-order valence-corrected chi connectivity index (χ2v) is 6.63. The molecule has 0 spiro atoms. The molecule has 1 unspecified atom stereocenters. The largest absolute Gasteiger partial charge is 0.481 e. The van der Waals surface area contributed by atoms with Crippen molar-refractivity contribution >= 4 is 23.6 Å². The number of nitrogens with zero attached hydrogens (tertiary/aromatic N) is 1. The molecule has 0 aliphatic heterocycles. The molecule has 1 heterocycles. The normalized spacial score (nSPS) is 12.4. The molecular formula is C18H17F3N2O3S. The van der Waals surface area contributed by atoms with E-state index < -0.39 is 23.8 Å². The Balaban J connectivity index is 1.94. The Kier molecular flexibility index (Phi) is 7.23. The van der Waals surface area contributed by atoms with Gasteiger partial charge in [0.2, 0.25) is 5.91 Å².